The maximum atomic E-state index is 11.6. The van der Waals surface area contributed by atoms with Crippen molar-refractivity contribution < 1.29 is 15.0 Å². The van der Waals surface area contributed by atoms with Gasteiger partial charge < -0.3 is 20.8 Å². The van der Waals surface area contributed by atoms with Crippen LogP contribution in [0.3, 0.4) is 0 Å². The Hall–Kier alpha value is -1.75. The van der Waals surface area contributed by atoms with Gasteiger partial charge in [-0.15, -0.1) is 0 Å². The van der Waals surface area contributed by atoms with Crippen LogP contribution in [0.2, 0.25) is 0 Å². The van der Waals surface area contributed by atoms with Crippen LogP contribution in [-0.4, -0.2) is 35.4 Å². The van der Waals surface area contributed by atoms with E-state index >= 15 is 0 Å². The summed E-state index contributed by atoms with van der Waals surface area (Å²) in [6.45, 7) is 4.79. The fourth-order valence-electron chi connectivity index (χ4n) is 2.03. The molecule has 0 bridgehead atoms. The van der Waals surface area contributed by atoms with Gasteiger partial charge in [-0.05, 0) is 43.4 Å². The van der Waals surface area contributed by atoms with Crippen molar-refractivity contribution in [2.24, 2.45) is 5.92 Å². The number of rotatable bonds is 7. The predicted molar refractivity (Wildman–Crippen MR) is 78.7 cm³/mol. The smallest absolute Gasteiger partial charge is 0.314 e. The molecule has 5 nitrogen and oxygen atoms in total. The number of urea groups is 1. The summed E-state index contributed by atoms with van der Waals surface area (Å²) in [7, 11) is 0. The number of nitrogens with one attached hydrogen (secondary N) is 2. The molecular formula is C15H24N2O3. The quantitative estimate of drug-likeness (QED) is 0.613. The van der Waals surface area contributed by atoms with E-state index in [-0.39, 0.29) is 23.8 Å². The third-order valence-corrected chi connectivity index (χ3v) is 2.96. The van der Waals surface area contributed by atoms with Crippen molar-refractivity contribution in [1.82, 2.24) is 10.6 Å². The van der Waals surface area contributed by atoms with Crippen molar-refractivity contribution in [3.05, 3.63) is 29.8 Å². The number of benzene rings is 1. The van der Waals surface area contributed by atoms with Gasteiger partial charge in [0.15, 0.2) is 0 Å². The highest BCUT2D eigenvalue weighted by molar-refractivity contribution is 5.73. The standard InChI is InChI=1S/C15H24N2O3/c1-11(8-12(2)18)10-17-15(20)16-7-6-13-4-3-5-14(19)9-13/h3-5,9,11-12,18-19H,6-8,10H2,1-2H3,(H2,16,17,20). The van der Waals surface area contributed by atoms with Crippen molar-refractivity contribution in [1.29, 1.82) is 0 Å². The van der Waals surface area contributed by atoms with Crippen LogP contribution < -0.4 is 10.6 Å². The van der Waals surface area contributed by atoms with E-state index in [1.807, 2.05) is 13.0 Å². The molecule has 0 heterocycles. The number of phenolic OH excluding ortho intramolecular Hbond substituents is 1. The zero-order valence-corrected chi connectivity index (χ0v) is 12.1. The summed E-state index contributed by atoms with van der Waals surface area (Å²) in [6, 6.07) is 6.78. The number of carbonyl (C=O) groups is 1. The number of amides is 2. The second kappa shape index (κ2) is 8.43. The first-order valence-electron chi connectivity index (χ1n) is 6.95. The van der Waals surface area contributed by atoms with Crippen molar-refractivity contribution in [3.8, 4) is 5.75 Å². The number of phenols is 1. The summed E-state index contributed by atoms with van der Waals surface area (Å²) in [5, 5.41) is 24.1. The fourth-order valence-corrected chi connectivity index (χ4v) is 2.03. The molecule has 4 N–H and O–H groups in total. The summed E-state index contributed by atoms with van der Waals surface area (Å²) in [6.07, 6.45) is 0.995. The maximum absolute atomic E-state index is 11.6. The molecule has 5 heteroatoms. The third kappa shape index (κ3) is 6.99. The molecule has 0 aliphatic heterocycles. The predicted octanol–water partition coefficient (Wildman–Crippen LogP) is 1.64. The van der Waals surface area contributed by atoms with Gasteiger partial charge in [-0.3, -0.25) is 0 Å². The second-order valence-electron chi connectivity index (χ2n) is 5.25. The molecule has 2 atom stereocenters. The van der Waals surface area contributed by atoms with Crippen molar-refractivity contribution in [2.75, 3.05) is 13.1 Å². The zero-order chi connectivity index (χ0) is 15.0. The van der Waals surface area contributed by atoms with E-state index < -0.39 is 0 Å². The molecule has 0 aromatic heterocycles. The van der Waals surface area contributed by atoms with Gasteiger partial charge in [0, 0.05) is 13.1 Å². The van der Waals surface area contributed by atoms with Gasteiger partial charge in [0.2, 0.25) is 0 Å². The molecule has 1 rings (SSSR count). The minimum Gasteiger partial charge on any atom is -0.508 e. The van der Waals surface area contributed by atoms with Gasteiger partial charge in [-0.1, -0.05) is 19.1 Å². The van der Waals surface area contributed by atoms with Crippen LogP contribution in [0.1, 0.15) is 25.8 Å². The lowest BCUT2D eigenvalue weighted by Gasteiger charge is -2.14. The molecule has 0 saturated heterocycles. The number of carbonyl (C=O) groups excluding carboxylic acids is 1. The Morgan fingerprint density at radius 3 is 2.70 bits per heavy atom. The molecule has 0 radical (unpaired) electrons. The summed E-state index contributed by atoms with van der Waals surface area (Å²) in [4.78, 5) is 11.6. The van der Waals surface area contributed by atoms with Crippen LogP contribution in [-0.2, 0) is 6.42 Å². The number of aliphatic hydroxyl groups excluding tert-OH is 1. The van der Waals surface area contributed by atoms with E-state index in [0.29, 0.717) is 25.9 Å². The number of hydrogen-bond acceptors (Lipinski definition) is 3. The molecule has 0 saturated carbocycles. The second-order valence-corrected chi connectivity index (χ2v) is 5.25. The Bertz CT molecular complexity index is 421. The Labute approximate surface area is 120 Å². The van der Waals surface area contributed by atoms with Crippen LogP contribution in [0, 0.1) is 5.92 Å². The number of aromatic hydroxyl groups is 1. The van der Waals surface area contributed by atoms with E-state index in [9.17, 15) is 15.0 Å². The zero-order valence-electron chi connectivity index (χ0n) is 12.1. The van der Waals surface area contributed by atoms with E-state index in [0.717, 1.165) is 5.56 Å². The van der Waals surface area contributed by atoms with Gasteiger partial charge >= 0.3 is 6.03 Å². The fraction of sp³-hybridized carbons (Fsp3) is 0.533. The Morgan fingerprint density at radius 1 is 1.30 bits per heavy atom. The number of aliphatic hydroxyl groups is 1. The highest BCUT2D eigenvalue weighted by Gasteiger charge is 2.07. The highest BCUT2D eigenvalue weighted by Crippen LogP contribution is 2.10. The molecular weight excluding hydrogens is 256 g/mol. The minimum absolute atomic E-state index is 0.206. The first kappa shape index (κ1) is 16.3. The summed E-state index contributed by atoms with van der Waals surface area (Å²) >= 11 is 0. The normalized spacial score (nSPS) is 13.6. The molecule has 1 aromatic rings. The average Bonchev–Trinajstić information content (AvgIpc) is 2.36. The molecule has 0 fully saturated rings. The topological polar surface area (TPSA) is 81.6 Å². The lowest BCUT2D eigenvalue weighted by molar-refractivity contribution is 0.163. The van der Waals surface area contributed by atoms with E-state index in [1.165, 1.54) is 0 Å². The van der Waals surface area contributed by atoms with Crippen LogP contribution in [0.25, 0.3) is 0 Å². The van der Waals surface area contributed by atoms with E-state index in [1.54, 1.807) is 25.1 Å². The van der Waals surface area contributed by atoms with Crippen molar-refractivity contribution in [3.63, 3.8) is 0 Å². The molecule has 0 aliphatic carbocycles. The lowest BCUT2D eigenvalue weighted by atomic mass is 10.1. The van der Waals surface area contributed by atoms with Gasteiger partial charge in [-0.2, -0.15) is 0 Å². The van der Waals surface area contributed by atoms with Crippen LogP contribution in [0.15, 0.2) is 24.3 Å². The van der Waals surface area contributed by atoms with Crippen LogP contribution in [0.5, 0.6) is 5.75 Å². The molecule has 0 spiro atoms. The molecule has 2 unspecified atom stereocenters. The third-order valence-electron chi connectivity index (χ3n) is 2.96. The first-order valence-corrected chi connectivity index (χ1v) is 6.95. The van der Waals surface area contributed by atoms with E-state index in [4.69, 9.17) is 0 Å². The van der Waals surface area contributed by atoms with Gasteiger partial charge in [0.05, 0.1) is 6.10 Å². The molecule has 2 amide bonds. The Kier molecular flexibility index (Phi) is 6.87. The van der Waals surface area contributed by atoms with Crippen molar-refractivity contribution >= 4 is 6.03 Å². The van der Waals surface area contributed by atoms with Gasteiger partial charge in [-0.25, -0.2) is 4.79 Å². The summed E-state index contributed by atoms with van der Waals surface area (Å²) < 4.78 is 0. The molecule has 20 heavy (non-hydrogen) atoms. The first-order chi connectivity index (χ1) is 9.47. The van der Waals surface area contributed by atoms with Gasteiger partial charge in [0.25, 0.3) is 0 Å². The Morgan fingerprint density at radius 2 is 2.05 bits per heavy atom. The number of hydrogen-bond donors (Lipinski definition) is 4. The highest BCUT2D eigenvalue weighted by atomic mass is 16.3. The molecule has 0 aliphatic rings. The van der Waals surface area contributed by atoms with Crippen LogP contribution in [0.4, 0.5) is 4.79 Å². The van der Waals surface area contributed by atoms with Crippen LogP contribution >= 0.6 is 0 Å². The largest absolute Gasteiger partial charge is 0.508 e. The van der Waals surface area contributed by atoms with Gasteiger partial charge in [0.1, 0.15) is 5.75 Å². The monoisotopic (exact) mass is 280 g/mol. The molecule has 112 valence electrons. The van der Waals surface area contributed by atoms with E-state index in [2.05, 4.69) is 10.6 Å². The molecule has 1 aromatic carbocycles. The average molecular weight is 280 g/mol. The Balaban J connectivity index is 2.17. The maximum Gasteiger partial charge on any atom is 0.314 e. The SMILES string of the molecule is CC(O)CC(C)CNC(=O)NCCc1cccc(O)c1. The lowest BCUT2D eigenvalue weighted by Crippen LogP contribution is -2.39. The van der Waals surface area contributed by atoms with Crippen molar-refractivity contribution in [2.45, 2.75) is 32.8 Å². The summed E-state index contributed by atoms with van der Waals surface area (Å²) in [5.74, 6) is 0.478. The minimum atomic E-state index is -0.347. The summed E-state index contributed by atoms with van der Waals surface area (Å²) in [5.41, 5.74) is 0.979.